The van der Waals surface area contributed by atoms with Gasteiger partial charge in [0.1, 0.15) is 0 Å². The molecule has 2 atom stereocenters. The predicted molar refractivity (Wildman–Crippen MR) is 70.2 cm³/mol. The van der Waals surface area contributed by atoms with Crippen molar-refractivity contribution < 1.29 is 14.3 Å². The Morgan fingerprint density at radius 2 is 1.61 bits per heavy atom. The van der Waals surface area contributed by atoms with Crippen LogP contribution in [-0.2, 0) is 14.3 Å². The van der Waals surface area contributed by atoms with Gasteiger partial charge in [0.05, 0.1) is 18.7 Å². The van der Waals surface area contributed by atoms with Crippen molar-refractivity contribution in [3.63, 3.8) is 0 Å². The van der Waals surface area contributed by atoms with Gasteiger partial charge in [-0.1, -0.05) is 0 Å². The summed E-state index contributed by atoms with van der Waals surface area (Å²) < 4.78 is 4.84. The van der Waals surface area contributed by atoms with Crippen molar-refractivity contribution in [2.75, 3.05) is 20.3 Å². The van der Waals surface area contributed by atoms with Crippen molar-refractivity contribution in [3.8, 4) is 0 Å². The molecule has 0 saturated heterocycles. The molecule has 0 rings (SSSR count). The van der Waals surface area contributed by atoms with Gasteiger partial charge in [0.2, 0.25) is 11.8 Å². The Hall–Kier alpha value is -1.14. The van der Waals surface area contributed by atoms with E-state index in [1.165, 1.54) is 0 Å². The summed E-state index contributed by atoms with van der Waals surface area (Å²) in [5, 5.41) is 8.44. The standard InChI is InChI=1S/C12H25N3O3/c1-8(2)14-12(17)10(4)15-9(3)11(16)13-6-7-18-5/h8-10,15H,6-7H2,1-5H3,(H,13,16)(H,14,17). The monoisotopic (exact) mass is 259 g/mol. The SMILES string of the molecule is COCCNC(=O)C(C)NC(C)C(=O)NC(C)C. The number of amides is 2. The van der Waals surface area contributed by atoms with Crippen molar-refractivity contribution in [1.29, 1.82) is 0 Å². The van der Waals surface area contributed by atoms with Gasteiger partial charge in [0, 0.05) is 19.7 Å². The number of hydrogen-bond donors (Lipinski definition) is 3. The van der Waals surface area contributed by atoms with Gasteiger partial charge >= 0.3 is 0 Å². The molecule has 0 radical (unpaired) electrons. The fourth-order valence-electron chi connectivity index (χ4n) is 1.37. The lowest BCUT2D eigenvalue weighted by molar-refractivity contribution is -0.125. The first kappa shape index (κ1) is 16.9. The molecule has 18 heavy (non-hydrogen) atoms. The molecule has 0 aliphatic heterocycles. The minimum atomic E-state index is -0.422. The minimum absolute atomic E-state index is 0.0904. The van der Waals surface area contributed by atoms with Crippen LogP contribution in [0.15, 0.2) is 0 Å². The van der Waals surface area contributed by atoms with E-state index in [9.17, 15) is 9.59 Å². The number of ether oxygens (including phenoxy) is 1. The van der Waals surface area contributed by atoms with Gasteiger partial charge in [0.25, 0.3) is 0 Å². The lowest BCUT2D eigenvalue weighted by Gasteiger charge is -2.20. The molecule has 0 aliphatic rings. The van der Waals surface area contributed by atoms with Crippen molar-refractivity contribution in [2.45, 2.75) is 45.8 Å². The summed E-state index contributed by atoms with van der Waals surface area (Å²) in [7, 11) is 1.58. The molecule has 0 aromatic rings. The van der Waals surface area contributed by atoms with E-state index in [1.807, 2.05) is 13.8 Å². The number of rotatable bonds is 8. The van der Waals surface area contributed by atoms with E-state index < -0.39 is 12.1 Å². The molecule has 2 unspecified atom stereocenters. The van der Waals surface area contributed by atoms with Gasteiger partial charge in [-0.05, 0) is 27.7 Å². The molecule has 2 amide bonds. The second kappa shape index (κ2) is 8.88. The summed E-state index contributed by atoms with van der Waals surface area (Å²) in [6, 6.07) is -0.738. The summed E-state index contributed by atoms with van der Waals surface area (Å²) in [6.45, 7) is 8.19. The van der Waals surface area contributed by atoms with Gasteiger partial charge in [-0.25, -0.2) is 0 Å². The maximum absolute atomic E-state index is 11.6. The van der Waals surface area contributed by atoms with Gasteiger partial charge < -0.3 is 15.4 Å². The Balaban J connectivity index is 4.01. The summed E-state index contributed by atoms with van der Waals surface area (Å²) in [5.41, 5.74) is 0. The lowest BCUT2D eigenvalue weighted by atomic mass is 10.2. The van der Waals surface area contributed by atoms with Crippen LogP contribution in [0.4, 0.5) is 0 Å². The highest BCUT2D eigenvalue weighted by molar-refractivity contribution is 5.84. The smallest absolute Gasteiger partial charge is 0.237 e. The van der Waals surface area contributed by atoms with E-state index in [0.29, 0.717) is 13.2 Å². The molecule has 0 saturated carbocycles. The minimum Gasteiger partial charge on any atom is -0.383 e. The Morgan fingerprint density at radius 3 is 2.11 bits per heavy atom. The van der Waals surface area contributed by atoms with Crippen LogP contribution in [0, 0.1) is 0 Å². The molecular weight excluding hydrogens is 234 g/mol. The first-order chi connectivity index (χ1) is 8.38. The van der Waals surface area contributed by atoms with Crippen LogP contribution in [0.1, 0.15) is 27.7 Å². The van der Waals surface area contributed by atoms with Crippen LogP contribution in [0.25, 0.3) is 0 Å². The number of carbonyl (C=O) groups is 2. The molecule has 0 bridgehead atoms. The van der Waals surface area contributed by atoms with Gasteiger partial charge in [-0.3, -0.25) is 14.9 Å². The Morgan fingerprint density at radius 1 is 1.06 bits per heavy atom. The fraction of sp³-hybridized carbons (Fsp3) is 0.833. The lowest BCUT2D eigenvalue weighted by Crippen LogP contribution is -2.52. The second-order valence-electron chi connectivity index (χ2n) is 4.56. The van der Waals surface area contributed by atoms with Crippen molar-refractivity contribution in [1.82, 2.24) is 16.0 Å². The van der Waals surface area contributed by atoms with E-state index >= 15 is 0 Å². The Bertz CT molecular complexity index is 269. The van der Waals surface area contributed by atoms with Crippen molar-refractivity contribution >= 4 is 11.8 Å². The molecule has 0 heterocycles. The third-order valence-corrected chi connectivity index (χ3v) is 2.32. The van der Waals surface area contributed by atoms with Crippen molar-refractivity contribution in [3.05, 3.63) is 0 Å². The molecule has 106 valence electrons. The summed E-state index contributed by atoms with van der Waals surface area (Å²) in [6.07, 6.45) is 0. The van der Waals surface area contributed by atoms with Crippen LogP contribution in [0.3, 0.4) is 0 Å². The molecular formula is C12H25N3O3. The van der Waals surface area contributed by atoms with Crippen LogP contribution in [-0.4, -0.2) is 50.2 Å². The highest BCUT2D eigenvalue weighted by Crippen LogP contribution is 1.90. The summed E-state index contributed by atoms with van der Waals surface area (Å²) in [4.78, 5) is 23.3. The quantitative estimate of drug-likeness (QED) is 0.520. The van der Waals surface area contributed by atoms with Crippen molar-refractivity contribution in [2.24, 2.45) is 0 Å². The molecule has 6 heteroatoms. The normalized spacial score (nSPS) is 14.1. The molecule has 6 nitrogen and oxygen atoms in total. The number of carbonyl (C=O) groups excluding carboxylic acids is 2. The molecule has 0 aromatic heterocycles. The number of nitrogens with one attached hydrogen (secondary N) is 3. The van der Waals surface area contributed by atoms with Crippen LogP contribution >= 0.6 is 0 Å². The summed E-state index contributed by atoms with van der Waals surface area (Å²) >= 11 is 0. The highest BCUT2D eigenvalue weighted by atomic mass is 16.5. The fourth-order valence-corrected chi connectivity index (χ4v) is 1.37. The number of methoxy groups -OCH3 is 1. The highest BCUT2D eigenvalue weighted by Gasteiger charge is 2.19. The third-order valence-electron chi connectivity index (χ3n) is 2.32. The first-order valence-electron chi connectivity index (χ1n) is 6.21. The predicted octanol–water partition coefficient (Wildman–Crippen LogP) is -0.360. The molecule has 0 aromatic carbocycles. The van der Waals surface area contributed by atoms with E-state index in [-0.39, 0.29) is 17.9 Å². The molecule has 0 fully saturated rings. The molecule has 0 aliphatic carbocycles. The summed E-state index contributed by atoms with van der Waals surface area (Å²) in [5.74, 6) is -0.252. The van der Waals surface area contributed by atoms with Crippen LogP contribution < -0.4 is 16.0 Å². The van der Waals surface area contributed by atoms with Crippen LogP contribution in [0.2, 0.25) is 0 Å². The number of hydrogen-bond acceptors (Lipinski definition) is 4. The zero-order valence-electron chi connectivity index (χ0n) is 11.9. The largest absolute Gasteiger partial charge is 0.383 e. The Kier molecular flexibility index (Phi) is 8.32. The zero-order chi connectivity index (χ0) is 14.1. The molecule has 3 N–H and O–H groups in total. The van der Waals surface area contributed by atoms with E-state index in [1.54, 1.807) is 21.0 Å². The zero-order valence-corrected chi connectivity index (χ0v) is 11.9. The topological polar surface area (TPSA) is 79.5 Å². The first-order valence-corrected chi connectivity index (χ1v) is 6.21. The van der Waals surface area contributed by atoms with Gasteiger partial charge in [-0.2, -0.15) is 0 Å². The third kappa shape index (κ3) is 7.24. The van der Waals surface area contributed by atoms with Gasteiger partial charge in [0.15, 0.2) is 0 Å². The Labute approximate surface area is 109 Å². The van der Waals surface area contributed by atoms with Gasteiger partial charge in [-0.15, -0.1) is 0 Å². The average Bonchev–Trinajstić information content (AvgIpc) is 2.28. The maximum Gasteiger partial charge on any atom is 0.237 e. The van der Waals surface area contributed by atoms with E-state index in [2.05, 4.69) is 16.0 Å². The second-order valence-corrected chi connectivity index (χ2v) is 4.56. The van der Waals surface area contributed by atoms with E-state index in [0.717, 1.165) is 0 Å². The van der Waals surface area contributed by atoms with E-state index in [4.69, 9.17) is 4.74 Å². The maximum atomic E-state index is 11.6. The average molecular weight is 259 g/mol. The van der Waals surface area contributed by atoms with Crippen LogP contribution in [0.5, 0.6) is 0 Å². The molecule has 0 spiro atoms.